The average molecular weight is 292 g/mol. The number of nitrogens with one attached hydrogen (secondary N) is 1. The van der Waals surface area contributed by atoms with Crippen molar-refractivity contribution >= 4 is 17.2 Å². The van der Waals surface area contributed by atoms with Crippen LogP contribution in [0.4, 0.5) is 0 Å². The lowest BCUT2D eigenvalue weighted by Crippen LogP contribution is -2.34. The number of hydrogen-bond donors (Lipinski definition) is 1. The van der Waals surface area contributed by atoms with Gasteiger partial charge in [-0.05, 0) is 37.3 Å². The predicted molar refractivity (Wildman–Crippen MR) is 82.7 cm³/mol. The smallest absolute Gasteiger partial charge is 0.241 e. The SMILES string of the molecule is CCCC1NC(c2ccc(C)s2)N(C2CC2(C)C)C1=O. The minimum absolute atomic E-state index is 0.00352. The van der Waals surface area contributed by atoms with E-state index in [-0.39, 0.29) is 17.6 Å². The third-order valence-corrected chi connectivity index (χ3v) is 5.65. The average Bonchev–Trinajstić information content (AvgIpc) is 2.74. The molecule has 1 saturated heterocycles. The molecule has 4 heteroatoms. The zero-order valence-electron chi connectivity index (χ0n) is 12.8. The molecule has 1 aromatic rings. The van der Waals surface area contributed by atoms with Crippen molar-refractivity contribution < 1.29 is 4.79 Å². The lowest BCUT2D eigenvalue weighted by atomic mass is 10.1. The Balaban J connectivity index is 1.88. The number of carbonyl (C=O) groups excluding carboxylic acids is 1. The zero-order chi connectivity index (χ0) is 14.5. The Morgan fingerprint density at radius 2 is 2.15 bits per heavy atom. The van der Waals surface area contributed by atoms with Gasteiger partial charge in [0.1, 0.15) is 6.17 Å². The van der Waals surface area contributed by atoms with Gasteiger partial charge in [0.15, 0.2) is 0 Å². The van der Waals surface area contributed by atoms with Crippen molar-refractivity contribution in [3.05, 3.63) is 21.9 Å². The van der Waals surface area contributed by atoms with Crippen molar-refractivity contribution in [2.45, 2.75) is 65.2 Å². The van der Waals surface area contributed by atoms with Crippen molar-refractivity contribution in [3.63, 3.8) is 0 Å². The van der Waals surface area contributed by atoms with E-state index in [1.165, 1.54) is 9.75 Å². The molecule has 1 amide bonds. The fraction of sp³-hybridized carbons (Fsp3) is 0.688. The molecule has 3 rings (SSSR count). The highest BCUT2D eigenvalue weighted by Crippen LogP contribution is 2.52. The highest BCUT2D eigenvalue weighted by Gasteiger charge is 2.56. The molecular formula is C16H24N2OS. The molecule has 2 fully saturated rings. The summed E-state index contributed by atoms with van der Waals surface area (Å²) in [6.07, 6.45) is 3.19. The molecule has 0 spiro atoms. The first-order valence-electron chi connectivity index (χ1n) is 7.58. The molecule has 110 valence electrons. The van der Waals surface area contributed by atoms with Gasteiger partial charge >= 0.3 is 0 Å². The molecule has 3 nitrogen and oxygen atoms in total. The van der Waals surface area contributed by atoms with Crippen LogP contribution in [-0.4, -0.2) is 22.9 Å². The zero-order valence-corrected chi connectivity index (χ0v) is 13.6. The molecule has 0 bridgehead atoms. The molecule has 2 aliphatic rings. The van der Waals surface area contributed by atoms with E-state index < -0.39 is 0 Å². The van der Waals surface area contributed by atoms with E-state index in [0.29, 0.717) is 11.9 Å². The second kappa shape index (κ2) is 4.85. The fourth-order valence-corrected chi connectivity index (χ4v) is 4.15. The van der Waals surface area contributed by atoms with E-state index >= 15 is 0 Å². The Labute approximate surface area is 125 Å². The number of hydrogen-bond acceptors (Lipinski definition) is 3. The third kappa shape index (κ3) is 2.29. The van der Waals surface area contributed by atoms with Crippen molar-refractivity contribution in [2.75, 3.05) is 0 Å². The second-order valence-electron chi connectivity index (χ2n) is 6.81. The molecule has 2 heterocycles. The molecule has 1 saturated carbocycles. The maximum Gasteiger partial charge on any atom is 0.241 e. The molecule has 1 N–H and O–H groups in total. The Morgan fingerprint density at radius 1 is 1.45 bits per heavy atom. The molecular weight excluding hydrogens is 268 g/mol. The van der Waals surface area contributed by atoms with E-state index in [0.717, 1.165) is 19.3 Å². The lowest BCUT2D eigenvalue weighted by molar-refractivity contribution is -0.131. The second-order valence-corrected chi connectivity index (χ2v) is 8.13. The predicted octanol–water partition coefficient (Wildman–Crippen LogP) is 3.45. The summed E-state index contributed by atoms with van der Waals surface area (Å²) in [7, 11) is 0. The highest BCUT2D eigenvalue weighted by atomic mass is 32.1. The standard InChI is InChI=1S/C16H24N2OS/c1-5-6-11-15(19)18(13-9-16(13,3)4)14(17-11)12-8-7-10(2)20-12/h7-8,11,13-14,17H,5-6,9H2,1-4H3. The van der Waals surface area contributed by atoms with Gasteiger partial charge in [0.2, 0.25) is 5.91 Å². The van der Waals surface area contributed by atoms with Crippen molar-refractivity contribution in [1.82, 2.24) is 10.2 Å². The van der Waals surface area contributed by atoms with Gasteiger partial charge in [0, 0.05) is 15.8 Å². The Bertz CT molecular complexity index is 522. The van der Waals surface area contributed by atoms with Gasteiger partial charge in [-0.1, -0.05) is 27.2 Å². The Kier molecular flexibility index (Phi) is 3.41. The van der Waals surface area contributed by atoms with Crippen LogP contribution in [0.3, 0.4) is 0 Å². The van der Waals surface area contributed by atoms with Crippen LogP contribution in [-0.2, 0) is 4.79 Å². The fourth-order valence-electron chi connectivity index (χ4n) is 3.21. The number of nitrogens with zero attached hydrogens (tertiary/aromatic N) is 1. The highest BCUT2D eigenvalue weighted by molar-refractivity contribution is 7.12. The maximum absolute atomic E-state index is 12.7. The molecule has 1 aromatic heterocycles. The van der Waals surface area contributed by atoms with Gasteiger partial charge in [-0.2, -0.15) is 0 Å². The van der Waals surface area contributed by atoms with Crippen LogP contribution in [0.25, 0.3) is 0 Å². The first kappa shape index (κ1) is 14.1. The number of amides is 1. The molecule has 1 aliphatic heterocycles. The van der Waals surface area contributed by atoms with Gasteiger partial charge in [-0.15, -0.1) is 11.3 Å². The molecule has 0 radical (unpaired) electrons. The van der Waals surface area contributed by atoms with Crippen LogP contribution in [0.1, 0.15) is 56.0 Å². The van der Waals surface area contributed by atoms with E-state index in [1.54, 1.807) is 11.3 Å². The molecule has 3 atom stereocenters. The van der Waals surface area contributed by atoms with Crippen LogP contribution in [0.15, 0.2) is 12.1 Å². The summed E-state index contributed by atoms with van der Waals surface area (Å²) in [5.41, 5.74) is 0.281. The summed E-state index contributed by atoms with van der Waals surface area (Å²) in [5, 5.41) is 3.57. The van der Waals surface area contributed by atoms with E-state index in [9.17, 15) is 4.79 Å². The third-order valence-electron chi connectivity index (χ3n) is 4.59. The minimum atomic E-state index is 0.00352. The number of carbonyl (C=O) groups is 1. The van der Waals surface area contributed by atoms with Gasteiger partial charge in [-0.25, -0.2) is 0 Å². The number of rotatable bonds is 4. The summed E-state index contributed by atoms with van der Waals surface area (Å²) in [4.78, 5) is 17.4. The molecule has 3 unspecified atom stereocenters. The largest absolute Gasteiger partial charge is 0.317 e. The topological polar surface area (TPSA) is 32.3 Å². The molecule has 1 aliphatic carbocycles. The maximum atomic E-state index is 12.7. The van der Waals surface area contributed by atoms with Crippen LogP contribution >= 0.6 is 11.3 Å². The van der Waals surface area contributed by atoms with Gasteiger partial charge in [-0.3, -0.25) is 10.1 Å². The number of thiophene rings is 1. The van der Waals surface area contributed by atoms with Gasteiger partial charge < -0.3 is 4.90 Å². The first-order chi connectivity index (χ1) is 9.44. The Morgan fingerprint density at radius 3 is 2.65 bits per heavy atom. The van der Waals surface area contributed by atoms with Crippen LogP contribution in [0.5, 0.6) is 0 Å². The lowest BCUT2D eigenvalue weighted by Gasteiger charge is -2.25. The van der Waals surface area contributed by atoms with Gasteiger partial charge in [0.25, 0.3) is 0 Å². The van der Waals surface area contributed by atoms with Crippen molar-refractivity contribution in [2.24, 2.45) is 5.41 Å². The van der Waals surface area contributed by atoms with Crippen LogP contribution in [0.2, 0.25) is 0 Å². The number of aryl methyl sites for hydroxylation is 1. The summed E-state index contributed by atoms with van der Waals surface area (Å²) in [6.45, 7) is 8.78. The molecule has 20 heavy (non-hydrogen) atoms. The van der Waals surface area contributed by atoms with E-state index in [4.69, 9.17) is 0 Å². The summed E-state index contributed by atoms with van der Waals surface area (Å²) < 4.78 is 0. The summed E-state index contributed by atoms with van der Waals surface area (Å²) >= 11 is 1.80. The van der Waals surface area contributed by atoms with Crippen molar-refractivity contribution in [1.29, 1.82) is 0 Å². The normalized spacial score (nSPS) is 31.9. The van der Waals surface area contributed by atoms with Gasteiger partial charge in [0.05, 0.1) is 6.04 Å². The first-order valence-corrected chi connectivity index (χ1v) is 8.40. The Hall–Kier alpha value is -0.870. The van der Waals surface area contributed by atoms with E-state index in [1.807, 2.05) is 0 Å². The summed E-state index contributed by atoms with van der Waals surface area (Å²) in [6, 6.07) is 4.72. The monoisotopic (exact) mass is 292 g/mol. The van der Waals surface area contributed by atoms with Crippen molar-refractivity contribution in [3.8, 4) is 0 Å². The van der Waals surface area contributed by atoms with Crippen LogP contribution in [0, 0.1) is 12.3 Å². The van der Waals surface area contributed by atoms with E-state index in [2.05, 4.69) is 50.0 Å². The quantitative estimate of drug-likeness (QED) is 0.922. The summed E-state index contributed by atoms with van der Waals surface area (Å²) in [5.74, 6) is 0.304. The molecule has 0 aromatic carbocycles. The minimum Gasteiger partial charge on any atom is -0.317 e. The van der Waals surface area contributed by atoms with Crippen LogP contribution < -0.4 is 5.32 Å².